The molecule has 0 aliphatic rings. The predicted octanol–water partition coefficient (Wildman–Crippen LogP) is 4.12. The molecule has 0 bridgehead atoms. The average molecular weight is 351 g/mol. The Balaban J connectivity index is 1.54. The van der Waals surface area contributed by atoms with Gasteiger partial charge in [0.15, 0.2) is 10.9 Å². The number of carbonyl (C=O) groups excluding carboxylic acids is 2. The molecule has 0 saturated heterocycles. The summed E-state index contributed by atoms with van der Waals surface area (Å²) in [5, 5.41) is 5.13. The SMILES string of the molecule is Cc1ccc(C(=O)CCC(=O)Nc2nc(-c3cccnc3)cs2)cc1. The molecule has 1 amide bonds. The van der Waals surface area contributed by atoms with Crippen molar-refractivity contribution in [2.24, 2.45) is 0 Å². The van der Waals surface area contributed by atoms with Gasteiger partial charge in [-0.15, -0.1) is 11.3 Å². The second kappa shape index (κ2) is 7.81. The number of Topliss-reactive ketones (excluding diaryl/α,β-unsaturated/α-hetero) is 1. The van der Waals surface area contributed by atoms with Gasteiger partial charge in [0.05, 0.1) is 5.69 Å². The van der Waals surface area contributed by atoms with Crippen LogP contribution in [0.2, 0.25) is 0 Å². The molecule has 0 aliphatic carbocycles. The van der Waals surface area contributed by atoms with Crippen LogP contribution in [-0.4, -0.2) is 21.7 Å². The van der Waals surface area contributed by atoms with Crippen LogP contribution in [0, 0.1) is 6.92 Å². The highest BCUT2D eigenvalue weighted by molar-refractivity contribution is 7.14. The quantitative estimate of drug-likeness (QED) is 0.678. The monoisotopic (exact) mass is 351 g/mol. The molecule has 2 aromatic heterocycles. The third-order valence-electron chi connectivity index (χ3n) is 3.66. The van der Waals surface area contributed by atoms with E-state index in [0.29, 0.717) is 10.7 Å². The summed E-state index contributed by atoms with van der Waals surface area (Å²) < 4.78 is 0. The molecule has 0 spiro atoms. The number of benzene rings is 1. The van der Waals surface area contributed by atoms with Crippen molar-refractivity contribution in [3.05, 3.63) is 65.3 Å². The number of aromatic nitrogens is 2. The number of thiazole rings is 1. The summed E-state index contributed by atoms with van der Waals surface area (Å²) in [5.74, 6) is -0.252. The molecule has 0 saturated carbocycles. The number of aryl methyl sites for hydroxylation is 1. The van der Waals surface area contributed by atoms with E-state index in [2.05, 4.69) is 15.3 Å². The molecule has 2 heterocycles. The number of carbonyl (C=O) groups is 2. The molecule has 25 heavy (non-hydrogen) atoms. The number of hydrogen-bond acceptors (Lipinski definition) is 5. The van der Waals surface area contributed by atoms with Crippen molar-refractivity contribution in [3.8, 4) is 11.3 Å². The average Bonchev–Trinajstić information content (AvgIpc) is 3.09. The van der Waals surface area contributed by atoms with Gasteiger partial charge < -0.3 is 5.32 Å². The summed E-state index contributed by atoms with van der Waals surface area (Å²) in [6.07, 6.45) is 3.73. The van der Waals surface area contributed by atoms with Gasteiger partial charge in [-0.1, -0.05) is 29.8 Å². The summed E-state index contributed by atoms with van der Waals surface area (Å²) in [4.78, 5) is 32.6. The molecule has 1 N–H and O–H groups in total. The van der Waals surface area contributed by atoms with E-state index in [9.17, 15) is 9.59 Å². The molecule has 0 atom stereocenters. The lowest BCUT2D eigenvalue weighted by atomic mass is 10.1. The normalized spacial score (nSPS) is 10.4. The Morgan fingerprint density at radius 3 is 2.64 bits per heavy atom. The first kappa shape index (κ1) is 17.0. The van der Waals surface area contributed by atoms with E-state index in [1.807, 2.05) is 36.6 Å². The molecule has 0 unspecified atom stereocenters. The summed E-state index contributed by atoms with van der Waals surface area (Å²) in [5.41, 5.74) is 3.40. The van der Waals surface area contributed by atoms with Crippen LogP contribution in [0.15, 0.2) is 54.2 Å². The number of pyridine rings is 1. The maximum Gasteiger partial charge on any atom is 0.226 e. The maximum absolute atomic E-state index is 12.1. The van der Waals surface area contributed by atoms with Crippen LogP contribution < -0.4 is 5.32 Å². The minimum Gasteiger partial charge on any atom is -0.302 e. The lowest BCUT2D eigenvalue weighted by Gasteiger charge is -2.03. The fraction of sp³-hybridized carbons (Fsp3) is 0.158. The first-order valence-electron chi connectivity index (χ1n) is 7.87. The Hall–Kier alpha value is -2.86. The van der Waals surface area contributed by atoms with E-state index < -0.39 is 0 Å². The summed E-state index contributed by atoms with van der Waals surface area (Å²) in [6.45, 7) is 1.97. The lowest BCUT2D eigenvalue weighted by molar-refractivity contribution is -0.116. The molecule has 0 fully saturated rings. The van der Waals surface area contributed by atoms with Crippen LogP contribution in [0.25, 0.3) is 11.3 Å². The number of ketones is 1. The summed E-state index contributed by atoms with van der Waals surface area (Å²) in [6, 6.07) is 11.1. The second-order valence-corrected chi connectivity index (χ2v) is 6.48. The van der Waals surface area contributed by atoms with Crippen molar-refractivity contribution in [3.63, 3.8) is 0 Å². The summed E-state index contributed by atoms with van der Waals surface area (Å²) >= 11 is 1.35. The Morgan fingerprint density at radius 2 is 1.92 bits per heavy atom. The van der Waals surface area contributed by atoms with Gasteiger partial charge in [-0.2, -0.15) is 0 Å². The van der Waals surface area contributed by atoms with Crippen molar-refractivity contribution >= 4 is 28.2 Å². The number of hydrogen-bond donors (Lipinski definition) is 1. The number of nitrogens with zero attached hydrogens (tertiary/aromatic N) is 2. The minimum atomic E-state index is -0.215. The van der Waals surface area contributed by atoms with Crippen molar-refractivity contribution < 1.29 is 9.59 Å². The number of nitrogens with one attached hydrogen (secondary N) is 1. The van der Waals surface area contributed by atoms with Crippen LogP contribution in [0.1, 0.15) is 28.8 Å². The van der Waals surface area contributed by atoms with E-state index in [4.69, 9.17) is 0 Å². The molecule has 3 rings (SSSR count). The first-order chi connectivity index (χ1) is 12.1. The third-order valence-corrected chi connectivity index (χ3v) is 4.42. The number of amides is 1. The van der Waals surface area contributed by atoms with Crippen molar-refractivity contribution in [1.82, 2.24) is 9.97 Å². The zero-order chi connectivity index (χ0) is 17.6. The Bertz CT molecular complexity index is 873. The zero-order valence-corrected chi connectivity index (χ0v) is 14.5. The van der Waals surface area contributed by atoms with Gasteiger partial charge in [0.1, 0.15) is 0 Å². The van der Waals surface area contributed by atoms with Crippen LogP contribution in [-0.2, 0) is 4.79 Å². The molecule has 3 aromatic rings. The van der Waals surface area contributed by atoms with Gasteiger partial charge in [0.2, 0.25) is 5.91 Å². The third kappa shape index (κ3) is 4.58. The predicted molar refractivity (Wildman–Crippen MR) is 98.7 cm³/mol. The van der Waals surface area contributed by atoms with Crippen molar-refractivity contribution in [1.29, 1.82) is 0 Å². The maximum atomic E-state index is 12.1. The number of rotatable bonds is 6. The van der Waals surface area contributed by atoms with Gasteiger partial charge in [-0.25, -0.2) is 4.98 Å². The molecule has 5 nitrogen and oxygen atoms in total. The first-order valence-corrected chi connectivity index (χ1v) is 8.75. The van der Waals surface area contributed by atoms with Crippen molar-refractivity contribution in [2.45, 2.75) is 19.8 Å². The molecular weight excluding hydrogens is 334 g/mol. The van der Waals surface area contributed by atoms with Crippen LogP contribution in [0.3, 0.4) is 0 Å². The topological polar surface area (TPSA) is 72.0 Å². The Kier molecular flexibility index (Phi) is 5.30. The molecule has 6 heteroatoms. The summed E-state index contributed by atoms with van der Waals surface area (Å²) in [7, 11) is 0. The van der Waals surface area contributed by atoms with Gasteiger partial charge in [0, 0.05) is 41.7 Å². The van der Waals surface area contributed by atoms with Crippen molar-refractivity contribution in [2.75, 3.05) is 5.32 Å². The number of anilines is 1. The van der Waals surface area contributed by atoms with Gasteiger partial charge >= 0.3 is 0 Å². The van der Waals surface area contributed by atoms with E-state index in [-0.39, 0.29) is 24.5 Å². The molecular formula is C19H17N3O2S. The smallest absolute Gasteiger partial charge is 0.226 e. The molecule has 126 valence electrons. The Morgan fingerprint density at radius 1 is 1.12 bits per heavy atom. The van der Waals surface area contributed by atoms with Gasteiger partial charge in [-0.05, 0) is 19.1 Å². The minimum absolute atomic E-state index is 0.0367. The van der Waals surface area contributed by atoms with Crippen LogP contribution in [0.5, 0.6) is 0 Å². The highest BCUT2D eigenvalue weighted by atomic mass is 32.1. The highest BCUT2D eigenvalue weighted by Crippen LogP contribution is 2.24. The van der Waals surface area contributed by atoms with E-state index in [1.54, 1.807) is 24.5 Å². The van der Waals surface area contributed by atoms with Gasteiger partial charge in [-0.3, -0.25) is 14.6 Å². The fourth-order valence-corrected chi connectivity index (χ4v) is 3.01. The van der Waals surface area contributed by atoms with E-state index in [1.165, 1.54) is 11.3 Å². The standard InChI is InChI=1S/C19H17N3O2S/c1-13-4-6-14(7-5-13)17(23)8-9-18(24)22-19-21-16(12-25-19)15-3-2-10-20-11-15/h2-7,10-12H,8-9H2,1H3,(H,21,22,24). The van der Waals surface area contributed by atoms with Gasteiger partial charge in [0.25, 0.3) is 0 Å². The second-order valence-electron chi connectivity index (χ2n) is 5.62. The highest BCUT2D eigenvalue weighted by Gasteiger charge is 2.11. The van der Waals surface area contributed by atoms with E-state index in [0.717, 1.165) is 16.8 Å². The van der Waals surface area contributed by atoms with Crippen LogP contribution >= 0.6 is 11.3 Å². The molecule has 0 radical (unpaired) electrons. The van der Waals surface area contributed by atoms with E-state index >= 15 is 0 Å². The largest absolute Gasteiger partial charge is 0.302 e. The fourth-order valence-electron chi connectivity index (χ4n) is 2.27. The van der Waals surface area contributed by atoms with Crippen LogP contribution in [0.4, 0.5) is 5.13 Å². The zero-order valence-electron chi connectivity index (χ0n) is 13.7. The Labute approximate surface area is 149 Å². The lowest BCUT2D eigenvalue weighted by Crippen LogP contribution is -2.13. The molecule has 0 aliphatic heterocycles. The molecule has 1 aromatic carbocycles.